The van der Waals surface area contributed by atoms with Crippen molar-refractivity contribution in [2.75, 3.05) is 26.2 Å². The zero-order valence-electron chi connectivity index (χ0n) is 14.7. The van der Waals surface area contributed by atoms with Crippen LogP contribution in [0.15, 0.2) is 28.6 Å². The Kier molecular flexibility index (Phi) is 6.04. The van der Waals surface area contributed by atoms with Crippen molar-refractivity contribution in [3.8, 4) is 12.3 Å². The average molecular weight is 390 g/mol. The van der Waals surface area contributed by atoms with E-state index in [9.17, 15) is 9.59 Å². The molecule has 0 aliphatic carbocycles. The molecule has 3 heterocycles. The van der Waals surface area contributed by atoms with E-state index in [4.69, 9.17) is 22.8 Å². The van der Waals surface area contributed by atoms with Gasteiger partial charge in [0.25, 0.3) is 11.8 Å². The van der Waals surface area contributed by atoms with E-state index in [0.717, 1.165) is 0 Å². The van der Waals surface area contributed by atoms with Gasteiger partial charge in [-0.05, 0) is 12.1 Å². The van der Waals surface area contributed by atoms with E-state index < -0.39 is 11.8 Å². The predicted octanol–water partition coefficient (Wildman–Crippen LogP) is 1.66. The quantitative estimate of drug-likeness (QED) is 0.717. The van der Waals surface area contributed by atoms with Crippen LogP contribution >= 0.6 is 11.6 Å². The van der Waals surface area contributed by atoms with Crippen LogP contribution in [0.25, 0.3) is 0 Å². The van der Waals surface area contributed by atoms with Crippen LogP contribution in [0.5, 0.6) is 0 Å². The first-order chi connectivity index (χ1) is 13.0. The van der Waals surface area contributed by atoms with Gasteiger partial charge in [0.05, 0.1) is 18.2 Å². The number of nitrogens with zero attached hydrogens (tertiary/aromatic N) is 4. The number of ether oxygens (including phenoxy) is 1. The van der Waals surface area contributed by atoms with Crippen molar-refractivity contribution in [1.29, 1.82) is 0 Å². The summed E-state index contributed by atoms with van der Waals surface area (Å²) in [4.78, 5) is 30.5. The number of rotatable bonds is 7. The van der Waals surface area contributed by atoms with Crippen LogP contribution in [0.2, 0.25) is 5.02 Å². The van der Waals surface area contributed by atoms with Crippen LogP contribution in [0.4, 0.5) is 0 Å². The maximum absolute atomic E-state index is 12.5. The predicted molar refractivity (Wildman–Crippen MR) is 98.2 cm³/mol. The minimum atomic E-state index is -0.718. The molecule has 1 aromatic rings. The molecule has 2 aliphatic rings. The third kappa shape index (κ3) is 5.02. The number of carbonyl (C=O) groups is 2. The Labute approximate surface area is 162 Å². The van der Waals surface area contributed by atoms with Gasteiger partial charge in [-0.1, -0.05) is 11.6 Å². The van der Waals surface area contributed by atoms with Crippen LogP contribution in [-0.4, -0.2) is 59.7 Å². The SMILES string of the molecule is C#CCCC1(CCNC(=O)C2CN(C(=O)c3ccc(Cl)cn3)CCO2)N=N1. The fourth-order valence-electron chi connectivity index (χ4n) is 2.82. The second-order valence-electron chi connectivity index (χ2n) is 6.40. The molecule has 142 valence electrons. The molecule has 8 nitrogen and oxygen atoms in total. The van der Waals surface area contributed by atoms with Crippen molar-refractivity contribution >= 4 is 23.4 Å². The number of carbonyl (C=O) groups excluding carboxylic acids is 2. The molecule has 1 atom stereocenters. The van der Waals surface area contributed by atoms with Crippen molar-refractivity contribution in [3.05, 3.63) is 29.0 Å². The zero-order valence-corrected chi connectivity index (χ0v) is 15.5. The Morgan fingerprint density at radius 1 is 1.41 bits per heavy atom. The summed E-state index contributed by atoms with van der Waals surface area (Å²) in [6.07, 6.45) is 7.86. The fraction of sp³-hybridized carbons (Fsp3) is 0.500. The lowest BCUT2D eigenvalue weighted by Gasteiger charge is -2.32. The molecule has 0 saturated carbocycles. The minimum absolute atomic E-state index is 0.173. The Bertz CT molecular complexity index is 768. The van der Waals surface area contributed by atoms with E-state index in [0.29, 0.717) is 37.4 Å². The summed E-state index contributed by atoms with van der Waals surface area (Å²) < 4.78 is 5.52. The van der Waals surface area contributed by atoms with Crippen molar-refractivity contribution < 1.29 is 14.3 Å². The summed E-state index contributed by atoms with van der Waals surface area (Å²) >= 11 is 5.80. The van der Waals surface area contributed by atoms with Crippen molar-refractivity contribution in [1.82, 2.24) is 15.2 Å². The monoisotopic (exact) mass is 389 g/mol. The molecule has 0 radical (unpaired) electrons. The standard InChI is InChI=1S/C18H20ClN5O3/c1-2-3-6-18(22-23-18)7-8-20-16(25)15-12-24(9-10-27-15)17(26)14-5-4-13(19)11-21-14/h1,4-5,11,15H,3,6-10,12H2,(H,20,25). The van der Waals surface area contributed by atoms with Crippen LogP contribution in [0.1, 0.15) is 29.8 Å². The van der Waals surface area contributed by atoms with E-state index >= 15 is 0 Å². The van der Waals surface area contributed by atoms with Crippen molar-refractivity contribution in [3.63, 3.8) is 0 Å². The first-order valence-corrected chi connectivity index (χ1v) is 9.08. The first kappa shape index (κ1) is 19.3. The van der Waals surface area contributed by atoms with E-state index in [1.54, 1.807) is 17.0 Å². The maximum Gasteiger partial charge on any atom is 0.272 e. The van der Waals surface area contributed by atoms with Crippen LogP contribution in [-0.2, 0) is 9.53 Å². The second-order valence-corrected chi connectivity index (χ2v) is 6.84. The third-order valence-electron chi connectivity index (χ3n) is 4.47. The third-order valence-corrected chi connectivity index (χ3v) is 4.69. The molecule has 1 N–H and O–H groups in total. The van der Waals surface area contributed by atoms with Gasteiger partial charge in [0, 0.05) is 38.5 Å². The molecule has 27 heavy (non-hydrogen) atoms. The van der Waals surface area contributed by atoms with Gasteiger partial charge in [-0.15, -0.1) is 12.3 Å². The number of halogens is 1. The highest BCUT2D eigenvalue weighted by Crippen LogP contribution is 2.36. The molecule has 2 amide bonds. The van der Waals surface area contributed by atoms with Gasteiger partial charge in [0.2, 0.25) is 0 Å². The lowest BCUT2D eigenvalue weighted by Crippen LogP contribution is -2.52. The number of morpholine rings is 1. The highest BCUT2D eigenvalue weighted by Gasteiger charge is 2.39. The lowest BCUT2D eigenvalue weighted by atomic mass is 10.0. The number of hydrogen-bond acceptors (Lipinski definition) is 6. The molecule has 1 fully saturated rings. The Morgan fingerprint density at radius 3 is 2.89 bits per heavy atom. The van der Waals surface area contributed by atoms with Gasteiger partial charge < -0.3 is 15.0 Å². The van der Waals surface area contributed by atoms with Gasteiger partial charge >= 0.3 is 0 Å². The average Bonchev–Trinajstić information content (AvgIpc) is 3.46. The summed E-state index contributed by atoms with van der Waals surface area (Å²) in [7, 11) is 0. The fourth-order valence-corrected chi connectivity index (χ4v) is 2.94. The summed E-state index contributed by atoms with van der Waals surface area (Å²) in [5.74, 6) is 2.06. The molecule has 1 aromatic heterocycles. The van der Waals surface area contributed by atoms with E-state index in [2.05, 4.69) is 26.4 Å². The number of aromatic nitrogens is 1. The molecule has 1 saturated heterocycles. The van der Waals surface area contributed by atoms with Gasteiger partial charge in [-0.3, -0.25) is 9.59 Å². The highest BCUT2D eigenvalue weighted by molar-refractivity contribution is 6.30. The number of pyridine rings is 1. The Hall–Kier alpha value is -2.50. The second kappa shape index (κ2) is 8.46. The molecule has 0 aromatic carbocycles. The molecule has 0 bridgehead atoms. The largest absolute Gasteiger partial charge is 0.365 e. The van der Waals surface area contributed by atoms with Crippen LogP contribution in [0, 0.1) is 12.3 Å². The van der Waals surface area contributed by atoms with Crippen LogP contribution < -0.4 is 5.32 Å². The van der Waals surface area contributed by atoms with E-state index in [1.165, 1.54) is 6.20 Å². The van der Waals surface area contributed by atoms with E-state index in [-0.39, 0.29) is 30.7 Å². The van der Waals surface area contributed by atoms with Crippen molar-refractivity contribution in [2.24, 2.45) is 10.2 Å². The topological polar surface area (TPSA) is 96.2 Å². The molecule has 0 spiro atoms. The van der Waals surface area contributed by atoms with Gasteiger partial charge in [-0.25, -0.2) is 4.98 Å². The summed E-state index contributed by atoms with van der Waals surface area (Å²) in [5, 5.41) is 11.4. The lowest BCUT2D eigenvalue weighted by molar-refractivity contribution is -0.137. The van der Waals surface area contributed by atoms with Gasteiger partial charge in [0.15, 0.2) is 11.8 Å². The van der Waals surface area contributed by atoms with Crippen LogP contribution in [0.3, 0.4) is 0 Å². The highest BCUT2D eigenvalue weighted by atomic mass is 35.5. The summed E-state index contributed by atoms with van der Waals surface area (Å²) in [5.41, 5.74) is -0.150. The number of nitrogens with one attached hydrogen (secondary N) is 1. The Balaban J connectivity index is 1.47. The molecule has 3 rings (SSSR count). The first-order valence-electron chi connectivity index (χ1n) is 8.71. The summed E-state index contributed by atoms with van der Waals surface area (Å²) in [6, 6.07) is 3.17. The van der Waals surface area contributed by atoms with Gasteiger partial charge in [0.1, 0.15) is 5.69 Å². The molecule has 9 heteroatoms. The Morgan fingerprint density at radius 2 is 2.22 bits per heavy atom. The molecule has 1 unspecified atom stereocenters. The normalized spacial score (nSPS) is 20.0. The van der Waals surface area contributed by atoms with E-state index in [1.807, 2.05) is 0 Å². The number of hydrogen-bond donors (Lipinski definition) is 1. The number of amides is 2. The number of terminal acetylenes is 1. The molecular formula is C18H20ClN5O3. The van der Waals surface area contributed by atoms with Crippen molar-refractivity contribution in [2.45, 2.75) is 31.0 Å². The maximum atomic E-state index is 12.5. The summed E-state index contributed by atoms with van der Waals surface area (Å²) in [6.45, 7) is 1.28. The molecule has 2 aliphatic heterocycles. The molecular weight excluding hydrogens is 370 g/mol. The minimum Gasteiger partial charge on any atom is -0.365 e. The smallest absolute Gasteiger partial charge is 0.272 e. The van der Waals surface area contributed by atoms with Gasteiger partial charge in [-0.2, -0.15) is 10.2 Å². The zero-order chi connectivity index (χ0) is 19.3.